The molecule has 0 aromatic rings. The van der Waals surface area contributed by atoms with Crippen LogP contribution in [0.5, 0.6) is 0 Å². The Hall–Kier alpha value is -0.120. The molecule has 2 rings (SSSR count). The van der Waals surface area contributed by atoms with Crippen molar-refractivity contribution in [3.8, 4) is 0 Å². The smallest absolute Gasteiger partial charge is 0.00475 e. The largest absolute Gasteiger partial charge is 0.319 e. The van der Waals surface area contributed by atoms with Gasteiger partial charge in [-0.05, 0) is 76.7 Å². The summed E-state index contributed by atoms with van der Waals surface area (Å²) in [7, 11) is 2.09. The van der Waals surface area contributed by atoms with Crippen LogP contribution >= 0.6 is 0 Å². The summed E-state index contributed by atoms with van der Waals surface area (Å²) in [6, 6.07) is 0. The fourth-order valence-electron chi connectivity index (χ4n) is 4.45. The van der Waals surface area contributed by atoms with Gasteiger partial charge in [-0.3, -0.25) is 0 Å². The van der Waals surface area contributed by atoms with E-state index in [-0.39, 0.29) is 0 Å². The van der Waals surface area contributed by atoms with Crippen molar-refractivity contribution in [2.75, 3.05) is 52.9 Å². The van der Waals surface area contributed by atoms with Crippen LogP contribution in [0.1, 0.15) is 52.4 Å². The average Bonchev–Trinajstić information content (AvgIpc) is 2.94. The molecule has 0 aromatic carbocycles. The van der Waals surface area contributed by atoms with E-state index in [1.165, 1.54) is 77.8 Å². The normalized spacial score (nSPS) is 25.3. The molecule has 3 nitrogen and oxygen atoms in total. The van der Waals surface area contributed by atoms with E-state index in [2.05, 4.69) is 36.0 Å². The summed E-state index contributed by atoms with van der Waals surface area (Å²) in [6.07, 6.45) is 8.32. The Bertz CT molecular complexity index is 272. The molecule has 1 unspecified atom stereocenters. The zero-order valence-corrected chi connectivity index (χ0v) is 14.7. The molecule has 0 aliphatic carbocycles. The first-order chi connectivity index (χ1) is 10.1. The fourth-order valence-corrected chi connectivity index (χ4v) is 4.45. The molecule has 2 aliphatic rings. The lowest BCUT2D eigenvalue weighted by Crippen LogP contribution is -2.45. The topological polar surface area (TPSA) is 18.5 Å². The van der Waals surface area contributed by atoms with E-state index in [0.717, 1.165) is 12.5 Å². The molecule has 3 heteroatoms. The van der Waals surface area contributed by atoms with Crippen molar-refractivity contribution in [3.63, 3.8) is 0 Å². The molecule has 2 saturated heterocycles. The molecule has 2 heterocycles. The Morgan fingerprint density at radius 2 is 1.71 bits per heavy atom. The van der Waals surface area contributed by atoms with E-state index < -0.39 is 0 Å². The number of piperidine rings is 1. The summed E-state index contributed by atoms with van der Waals surface area (Å²) in [5, 5.41) is 3.41. The molecular weight excluding hydrogens is 258 g/mol. The van der Waals surface area contributed by atoms with E-state index in [1.54, 1.807) is 0 Å². The van der Waals surface area contributed by atoms with Crippen molar-refractivity contribution in [1.82, 2.24) is 15.1 Å². The average molecular weight is 296 g/mol. The Morgan fingerprint density at radius 1 is 1.05 bits per heavy atom. The monoisotopic (exact) mass is 295 g/mol. The highest BCUT2D eigenvalue weighted by molar-refractivity contribution is 4.84. The number of nitrogens with one attached hydrogen (secondary N) is 1. The zero-order valence-electron chi connectivity index (χ0n) is 14.7. The minimum Gasteiger partial charge on any atom is -0.319 e. The molecular formula is C18H37N3. The van der Waals surface area contributed by atoms with Gasteiger partial charge in [0.15, 0.2) is 0 Å². The van der Waals surface area contributed by atoms with Gasteiger partial charge in [0.25, 0.3) is 0 Å². The van der Waals surface area contributed by atoms with Gasteiger partial charge in [-0.2, -0.15) is 0 Å². The molecule has 0 amide bonds. The van der Waals surface area contributed by atoms with Gasteiger partial charge in [0.2, 0.25) is 0 Å². The maximum absolute atomic E-state index is 3.41. The van der Waals surface area contributed by atoms with Crippen molar-refractivity contribution in [1.29, 1.82) is 0 Å². The van der Waals surface area contributed by atoms with Crippen LogP contribution in [0.25, 0.3) is 0 Å². The van der Waals surface area contributed by atoms with E-state index >= 15 is 0 Å². The lowest BCUT2D eigenvalue weighted by atomic mass is 9.83. The standard InChI is InChI=1S/C18H37N3/c1-4-9-18(2,15-19-3)16-21-12-7-17(8-13-21)14-20-10-5-6-11-20/h17,19H,4-16H2,1-3H3. The lowest BCUT2D eigenvalue weighted by molar-refractivity contribution is 0.101. The summed E-state index contributed by atoms with van der Waals surface area (Å²) in [5.74, 6) is 0.959. The first-order valence-corrected chi connectivity index (χ1v) is 9.24. The van der Waals surface area contributed by atoms with E-state index in [1.807, 2.05) is 0 Å². The van der Waals surface area contributed by atoms with E-state index in [4.69, 9.17) is 0 Å². The highest BCUT2D eigenvalue weighted by Crippen LogP contribution is 2.27. The number of hydrogen-bond acceptors (Lipinski definition) is 3. The predicted octanol–water partition coefficient (Wildman–Crippen LogP) is 2.82. The van der Waals surface area contributed by atoms with Gasteiger partial charge >= 0.3 is 0 Å². The van der Waals surface area contributed by atoms with Gasteiger partial charge < -0.3 is 15.1 Å². The van der Waals surface area contributed by atoms with Crippen LogP contribution in [0.2, 0.25) is 0 Å². The first kappa shape index (κ1) is 17.2. The van der Waals surface area contributed by atoms with Gasteiger partial charge in [-0.1, -0.05) is 20.3 Å². The van der Waals surface area contributed by atoms with Crippen molar-refractivity contribution in [2.45, 2.75) is 52.4 Å². The van der Waals surface area contributed by atoms with E-state index in [0.29, 0.717) is 5.41 Å². The third-order valence-corrected chi connectivity index (χ3v) is 5.48. The van der Waals surface area contributed by atoms with Crippen LogP contribution in [0.4, 0.5) is 0 Å². The molecule has 2 aliphatic heterocycles. The quantitative estimate of drug-likeness (QED) is 0.743. The molecule has 0 radical (unpaired) electrons. The fraction of sp³-hybridized carbons (Fsp3) is 1.00. The van der Waals surface area contributed by atoms with Crippen molar-refractivity contribution in [2.24, 2.45) is 11.3 Å². The molecule has 1 atom stereocenters. The highest BCUT2D eigenvalue weighted by atomic mass is 15.2. The van der Waals surface area contributed by atoms with Gasteiger partial charge in [-0.15, -0.1) is 0 Å². The third kappa shape index (κ3) is 5.54. The molecule has 124 valence electrons. The number of rotatable bonds is 8. The zero-order chi connectivity index (χ0) is 15.1. The van der Waals surface area contributed by atoms with Crippen molar-refractivity contribution in [3.05, 3.63) is 0 Å². The number of likely N-dealkylation sites (tertiary alicyclic amines) is 2. The van der Waals surface area contributed by atoms with Gasteiger partial charge in [-0.25, -0.2) is 0 Å². The molecule has 0 bridgehead atoms. The van der Waals surface area contributed by atoms with Crippen LogP contribution in [-0.2, 0) is 0 Å². The Balaban J connectivity index is 1.72. The first-order valence-electron chi connectivity index (χ1n) is 9.24. The van der Waals surface area contributed by atoms with Crippen LogP contribution in [0.3, 0.4) is 0 Å². The van der Waals surface area contributed by atoms with Gasteiger partial charge in [0, 0.05) is 19.6 Å². The highest BCUT2D eigenvalue weighted by Gasteiger charge is 2.29. The second-order valence-electron chi connectivity index (χ2n) is 7.82. The second-order valence-corrected chi connectivity index (χ2v) is 7.82. The molecule has 0 saturated carbocycles. The minimum absolute atomic E-state index is 0.450. The lowest BCUT2D eigenvalue weighted by Gasteiger charge is -2.40. The summed E-state index contributed by atoms with van der Waals surface area (Å²) >= 11 is 0. The van der Waals surface area contributed by atoms with Crippen LogP contribution < -0.4 is 5.32 Å². The second kappa shape index (κ2) is 8.50. The third-order valence-electron chi connectivity index (χ3n) is 5.48. The maximum Gasteiger partial charge on any atom is 0.00475 e. The molecule has 0 spiro atoms. The minimum atomic E-state index is 0.450. The summed E-state index contributed by atoms with van der Waals surface area (Å²) in [6.45, 7) is 13.9. The Kier molecular flexibility index (Phi) is 6.97. The summed E-state index contributed by atoms with van der Waals surface area (Å²) in [4.78, 5) is 5.43. The van der Waals surface area contributed by atoms with Crippen molar-refractivity contribution < 1.29 is 0 Å². The van der Waals surface area contributed by atoms with Crippen LogP contribution in [-0.4, -0.2) is 62.7 Å². The Morgan fingerprint density at radius 3 is 2.29 bits per heavy atom. The predicted molar refractivity (Wildman–Crippen MR) is 91.8 cm³/mol. The Labute approximate surface area is 132 Å². The summed E-state index contributed by atoms with van der Waals surface area (Å²) in [5.41, 5.74) is 0.450. The number of nitrogens with zero attached hydrogens (tertiary/aromatic N) is 2. The van der Waals surface area contributed by atoms with Gasteiger partial charge in [0.1, 0.15) is 0 Å². The van der Waals surface area contributed by atoms with Gasteiger partial charge in [0.05, 0.1) is 0 Å². The molecule has 2 fully saturated rings. The van der Waals surface area contributed by atoms with Crippen LogP contribution in [0, 0.1) is 11.3 Å². The summed E-state index contributed by atoms with van der Waals surface area (Å²) < 4.78 is 0. The van der Waals surface area contributed by atoms with Crippen LogP contribution in [0.15, 0.2) is 0 Å². The maximum atomic E-state index is 3.41. The van der Waals surface area contributed by atoms with Crippen molar-refractivity contribution >= 4 is 0 Å². The molecule has 1 N–H and O–H groups in total. The number of hydrogen-bond donors (Lipinski definition) is 1. The molecule has 21 heavy (non-hydrogen) atoms. The molecule has 0 aromatic heterocycles. The van der Waals surface area contributed by atoms with E-state index in [9.17, 15) is 0 Å². The SMILES string of the molecule is CCCC(C)(CNC)CN1CCC(CN2CCCC2)CC1.